The van der Waals surface area contributed by atoms with Crippen LogP contribution >= 0.6 is 0 Å². The summed E-state index contributed by atoms with van der Waals surface area (Å²) in [6.45, 7) is 5.30. The van der Waals surface area contributed by atoms with Crippen LogP contribution in [0.1, 0.15) is 12.5 Å². The molecule has 1 fully saturated rings. The van der Waals surface area contributed by atoms with Crippen LogP contribution in [0.3, 0.4) is 0 Å². The van der Waals surface area contributed by atoms with Crippen LogP contribution in [0.4, 0.5) is 14.6 Å². The van der Waals surface area contributed by atoms with Crippen LogP contribution in [0, 0.1) is 11.6 Å². The van der Waals surface area contributed by atoms with Gasteiger partial charge >= 0.3 is 0 Å². The van der Waals surface area contributed by atoms with Crippen molar-refractivity contribution in [2.24, 2.45) is 0 Å². The second kappa shape index (κ2) is 8.90. The largest absolute Gasteiger partial charge is 0.353 e. The maximum atomic E-state index is 13.9. The number of hydrogen-bond donors (Lipinski definition) is 0. The molecule has 0 unspecified atom stereocenters. The molecule has 0 aliphatic carbocycles. The maximum absolute atomic E-state index is 13.9. The number of amides is 1. The number of halogens is 2. The molecule has 2 aromatic rings. The summed E-state index contributed by atoms with van der Waals surface area (Å²) in [6.07, 6.45) is 1.76. The van der Waals surface area contributed by atoms with Gasteiger partial charge in [-0.1, -0.05) is 19.1 Å². The van der Waals surface area contributed by atoms with E-state index in [9.17, 15) is 13.6 Å². The lowest BCUT2D eigenvalue weighted by atomic mass is 10.2. The number of nitrogens with zero attached hydrogens (tertiary/aromatic N) is 4. The van der Waals surface area contributed by atoms with Gasteiger partial charge in [0.25, 0.3) is 0 Å². The summed E-state index contributed by atoms with van der Waals surface area (Å²) >= 11 is 0. The van der Waals surface area contributed by atoms with Gasteiger partial charge in [-0.2, -0.15) is 0 Å². The Bertz CT molecular complexity index is 744. The van der Waals surface area contributed by atoms with Gasteiger partial charge in [-0.3, -0.25) is 9.69 Å². The molecule has 1 aromatic carbocycles. The molecular formula is C20H24F2N4O. The lowest BCUT2D eigenvalue weighted by Crippen LogP contribution is -2.51. The number of carbonyl (C=O) groups excluding carboxylic acids is 1. The molecule has 0 saturated carbocycles. The van der Waals surface area contributed by atoms with Gasteiger partial charge in [0, 0.05) is 44.5 Å². The highest BCUT2D eigenvalue weighted by Crippen LogP contribution is 2.16. The average molecular weight is 374 g/mol. The number of hydrogen-bond acceptors (Lipinski definition) is 4. The van der Waals surface area contributed by atoms with Crippen molar-refractivity contribution in [3.8, 4) is 0 Å². The summed E-state index contributed by atoms with van der Waals surface area (Å²) < 4.78 is 27.7. The molecule has 3 rings (SSSR count). The van der Waals surface area contributed by atoms with E-state index in [0.29, 0.717) is 19.6 Å². The summed E-state index contributed by atoms with van der Waals surface area (Å²) in [5, 5.41) is 0. The molecule has 0 spiro atoms. The Hall–Kier alpha value is -2.54. The van der Waals surface area contributed by atoms with Gasteiger partial charge in [0.2, 0.25) is 5.91 Å². The van der Waals surface area contributed by atoms with Gasteiger partial charge in [0.1, 0.15) is 17.5 Å². The molecule has 1 saturated heterocycles. The van der Waals surface area contributed by atoms with Crippen molar-refractivity contribution >= 4 is 11.7 Å². The van der Waals surface area contributed by atoms with E-state index in [1.165, 1.54) is 18.2 Å². The summed E-state index contributed by atoms with van der Waals surface area (Å²) in [4.78, 5) is 22.7. The minimum absolute atomic E-state index is 0.00659. The predicted octanol–water partition coefficient (Wildman–Crippen LogP) is 2.53. The van der Waals surface area contributed by atoms with Crippen molar-refractivity contribution in [3.05, 3.63) is 59.8 Å². The number of anilines is 1. The molecule has 5 nitrogen and oxygen atoms in total. The van der Waals surface area contributed by atoms with E-state index in [-0.39, 0.29) is 24.6 Å². The third-order valence-electron chi connectivity index (χ3n) is 4.86. The predicted molar refractivity (Wildman–Crippen MR) is 100 cm³/mol. The number of rotatable bonds is 6. The standard InChI is InChI=1S/C20H24F2N4O/c1-2-24(14-16-17(21)6-5-7-18(16)22)15-20(27)26-12-10-25(11-13-26)19-8-3-4-9-23-19/h3-9H,2,10-15H2,1H3. The zero-order chi connectivity index (χ0) is 19.2. The van der Waals surface area contributed by atoms with Gasteiger partial charge in [0.15, 0.2) is 0 Å². The number of likely N-dealkylation sites (N-methyl/N-ethyl adjacent to an activating group) is 1. The van der Waals surface area contributed by atoms with Crippen LogP contribution in [-0.2, 0) is 11.3 Å². The van der Waals surface area contributed by atoms with Gasteiger partial charge < -0.3 is 9.80 Å². The summed E-state index contributed by atoms with van der Waals surface area (Å²) in [5.41, 5.74) is 0.00659. The molecule has 0 bridgehead atoms. The van der Waals surface area contributed by atoms with E-state index in [1.807, 2.05) is 25.1 Å². The second-order valence-electron chi connectivity index (χ2n) is 6.56. The number of carbonyl (C=O) groups is 1. The van der Waals surface area contributed by atoms with Gasteiger partial charge in [-0.05, 0) is 30.8 Å². The first-order valence-electron chi connectivity index (χ1n) is 9.17. The van der Waals surface area contributed by atoms with Crippen molar-refractivity contribution in [1.82, 2.24) is 14.8 Å². The number of piperazine rings is 1. The fraction of sp³-hybridized carbons (Fsp3) is 0.400. The highest BCUT2D eigenvalue weighted by atomic mass is 19.1. The SMILES string of the molecule is CCN(CC(=O)N1CCN(c2ccccn2)CC1)Cc1c(F)cccc1F. The Labute approximate surface area is 158 Å². The molecule has 7 heteroatoms. The van der Waals surface area contributed by atoms with Crippen LogP contribution in [-0.4, -0.2) is 60.0 Å². The van der Waals surface area contributed by atoms with Gasteiger partial charge in [-0.25, -0.2) is 13.8 Å². The highest BCUT2D eigenvalue weighted by molar-refractivity contribution is 5.78. The molecule has 144 valence electrons. The monoisotopic (exact) mass is 374 g/mol. The van der Waals surface area contributed by atoms with Crippen molar-refractivity contribution in [3.63, 3.8) is 0 Å². The third-order valence-corrected chi connectivity index (χ3v) is 4.86. The highest BCUT2D eigenvalue weighted by Gasteiger charge is 2.23. The third kappa shape index (κ3) is 4.80. The molecule has 1 amide bonds. The van der Waals surface area contributed by atoms with Crippen molar-refractivity contribution in [1.29, 1.82) is 0 Å². The van der Waals surface area contributed by atoms with Crippen LogP contribution < -0.4 is 4.90 Å². The smallest absolute Gasteiger partial charge is 0.236 e. The number of benzene rings is 1. The Morgan fingerprint density at radius 3 is 2.37 bits per heavy atom. The molecule has 27 heavy (non-hydrogen) atoms. The molecule has 0 atom stereocenters. The zero-order valence-corrected chi connectivity index (χ0v) is 15.4. The van der Waals surface area contributed by atoms with E-state index in [4.69, 9.17) is 0 Å². The quantitative estimate of drug-likeness (QED) is 0.779. The fourth-order valence-corrected chi connectivity index (χ4v) is 3.20. The van der Waals surface area contributed by atoms with Crippen molar-refractivity contribution < 1.29 is 13.6 Å². The van der Waals surface area contributed by atoms with Crippen LogP contribution in [0.25, 0.3) is 0 Å². The van der Waals surface area contributed by atoms with E-state index in [2.05, 4.69) is 9.88 Å². The molecule has 1 aliphatic rings. The molecule has 2 heterocycles. The van der Waals surface area contributed by atoms with Crippen molar-refractivity contribution in [2.45, 2.75) is 13.5 Å². The minimum atomic E-state index is -0.579. The first kappa shape index (κ1) is 19.2. The first-order valence-corrected chi connectivity index (χ1v) is 9.17. The van der Waals surface area contributed by atoms with Crippen molar-refractivity contribution in [2.75, 3.05) is 44.2 Å². The summed E-state index contributed by atoms with van der Waals surface area (Å²) in [7, 11) is 0. The van der Waals surface area contributed by atoms with E-state index in [1.54, 1.807) is 16.0 Å². The van der Waals surface area contributed by atoms with E-state index in [0.717, 1.165) is 18.9 Å². The first-order chi connectivity index (χ1) is 13.1. The maximum Gasteiger partial charge on any atom is 0.236 e. The van der Waals surface area contributed by atoms with Crippen LogP contribution in [0.2, 0.25) is 0 Å². The lowest BCUT2D eigenvalue weighted by Gasteiger charge is -2.36. The van der Waals surface area contributed by atoms with Gasteiger partial charge in [0.05, 0.1) is 6.54 Å². The molecule has 1 aromatic heterocycles. The Kier molecular flexibility index (Phi) is 6.34. The Morgan fingerprint density at radius 1 is 1.07 bits per heavy atom. The molecular weight excluding hydrogens is 350 g/mol. The Morgan fingerprint density at radius 2 is 1.78 bits per heavy atom. The van der Waals surface area contributed by atoms with Gasteiger partial charge in [-0.15, -0.1) is 0 Å². The van der Waals surface area contributed by atoms with Crippen LogP contribution in [0.15, 0.2) is 42.6 Å². The summed E-state index contributed by atoms with van der Waals surface area (Å²) in [6, 6.07) is 9.60. The molecule has 0 radical (unpaired) electrons. The van der Waals surface area contributed by atoms with Crippen LogP contribution in [0.5, 0.6) is 0 Å². The second-order valence-corrected chi connectivity index (χ2v) is 6.56. The number of pyridine rings is 1. The van der Waals surface area contributed by atoms with E-state index >= 15 is 0 Å². The lowest BCUT2D eigenvalue weighted by molar-refractivity contribution is -0.132. The molecule has 0 N–H and O–H groups in total. The Balaban J connectivity index is 1.55. The normalized spacial score (nSPS) is 14.7. The van der Waals surface area contributed by atoms with E-state index < -0.39 is 11.6 Å². The molecule has 1 aliphatic heterocycles. The fourth-order valence-electron chi connectivity index (χ4n) is 3.20. The topological polar surface area (TPSA) is 39.7 Å². The summed E-state index contributed by atoms with van der Waals surface area (Å²) in [5.74, 6) is -0.265. The zero-order valence-electron chi connectivity index (χ0n) is 15.4. The minimum Gasteiger partial charge on any atom is -0.353 e. The average Bonchev–Trinajstić information content (AvgIpc) is 2.70. The number of aromatic nitrogens is 1.